The quantitative estimate of drug-likeness (QED) is 0.709. The molecular formula is C16H15BrN2O3. The van der Waals surface area contributed by atoms with E-state index in [1.54, 1.807) is 11.7 Å². The number of H-pyrrole nitrogens is 1. The fourth-order valence-electron chi connectivity index (χ4n) is 2.27. The van der Waals surface area contributed by atoms with Crippen LogP contribution in [0.3, 0.4) is 0 Å². The summed E-state index contributed by atoms with van der Waals surface area (Å²) in [4.78, 5) is 15.0. The van der Waals surface area contributed by atoms with Crippen LogP contribution in [0.25, 0.3) is 16.7 Å². The van der Waals surface area contributed by atoms with Crippen LogP contribution in [-0.4, -0.2) is 29.9 Å². The lowest BCUT2D eigenvalue weighted by molar-refractivity contribution is 0.146. The van der Waals surface area contributed by atoms with E-state index in [1.165, 1.54) is 0 Å². The van der Waals surface area contributed by atoms with Gasteiger partial charge in [-0.3, -0.25) is 4.57 Å². The maximum atomic E-state index is 12.2. The molecule has 2 aromatic carbocycles. The lowest BCUT2D eigenvalue weighted by Crippen LogP contribution is -2.14. The molecule has 0 amide bonds. The molecule has 114 valence electrons. The van der Waals surface area contributed by atoms with Crippen LogP contribution >= 0.6 is 15.9 Å². The molecule has 1 aromatic heterocycles. The average Bonchev–Trinajstić information content (AvgIpc) is 2.84. The van der Waals surface area contributed by atoms with Gasteiger partial charge in [0.1, 0.15) is 12.4 Å². The van der Waals surface area contributed by atoms with Gasteiger partial charge in [0.2, 0.25) is 0 Å². The van der Waals surface area contributed by atoms with Crippen molar-refractivity contribution in [3.05, 3.63) is 57.4 Å². The summed E-state index contributed by atoms with van der Waals surface area (Å²) in [7, 11) is 1.63. The van der Waals surface area contributed by atoms with Crippen LogP contribution in [0.5, 0.6) is 5.75 Å². The second-order valence-corrected chi connectivity index (χ2v) is 5.68. The first-order valence-electron chi connectivity index (χ1n) is 6.81. The van der Waals surface area contributed by atoms with E-state index in [-0.39, 0.29) is 5.69 Å². The third-order valence-electron chi connectivity index (χ3n) is 3.30. The smallest absolute Gasteiger partial charge is 0.331 e. The van der Waals surface area contributed by atoms with Gasteiger partial charge in [-0.1, -0.05) is 15.9 Å². The topological polar surface area (TPSA) is 56.2 Å². The first kappa shape index (κ1) is 14.9. The first-order chi connectivity index (χ1) is 10.7. The van der Waals surface area contributed by atoms with Crippen LogP contribution in [0.4, 0.5) is 0 Å². The summed E-state index contributed by atoms with van der Waals surface area (Å²) in [5.74, 6) is 0.745. The van der Waals surface area contributed by atoms with Crippen LogP contribution in [0.15, 0.2) is 51.7 Å². The van der Waals surface area contributed by atoms with Gasteiger partial charge in [0.15, 0.2) is 0 Å². The number of nitrogens with one attached hydrogen (secondary N) is 1. The number of nitrogens with zero attached hydrogens (tertiary/aromatic N) is 1. The molecule has 0 unspecified atom stereocenters. The van der Waals surface area contributed by atoms with Gasteiger partial charge >= 0.3 is 5.69 Å². The van der Waals surface area contributed by atoms with Crippen molar-refractivity contribution in [2.75, 3.05) is 20.3 Å². The van der Waals surface area contributed by atoms with Crippen molar-refractivity contribution in [3.8, 4) is 11.4 Å². The lowest BCUT2D eigenvalue weighted by Gasteiger charge is -2.07. The van der Waals surface area contributed by atoms with E-state index < -0.39 is 0 Å². The predicted octanol–water partition coefficient (Wildman–Crippen LogP) is 3.11. The highest BCUT2D eigenvalue weighted by Crippen LogP contribution is 2.21. The van der Waals surface area contributed by atoms with Crippen LogP contribution in [0.2, 0.25) is 0 Å². The van der Waals surface area contributed by atoms with Crippen molar-refractivity contribution in [2.45, 2.75) is 0 Å². The van der Waals surface area contributed by atoms with Crippen molar-refractivity contribution in [3.63, 3.8) is 0 Å². The van der Waals surface area contributed by atoms with E-state index in [4.69, 9.17) is 9.47 Å². The number of hydrogen-bond donors (Lipinski definition) is 1. The van der Waals surface area contributed by atoms with E-state index >= 15 is 0 Å². The summed E-state index contributed by atoms with van der Waals surface area (Å²) >= 11 is 3.43. The maximum Gasteiger partial charge on any atom is 0.331 e. The maximum absolute atomic E-state index is 12.2. The van der Waals surface area contributed by atoms with Gasteiger partial charge in [0.25, 0.3) is 0 Å². The number of aromatic nitrogens is 2. The van der Waals surface area contributed by atoms with Crippen LogP contribution in [0, 0.1) is 0 Å². The number of methoxy groups -OCH3 is 1. The Labute approximate surface area is 135 Å². The van der Waals surface area contributed by atoms with Gasteiger partial charge in [-0.05, 0) is 42.5 Å². The molecule has 0 atom stereocenters. The fourth-order valence-corrected chi connectivity index (χ4v) is 2.62. The van der Waals surface area contributed by atoms with Crippen LogP contribution < -0.4 is 10.4 Å². The molecule has 0 saturated carbocycles. The number of hydrogen-bond acceptors (Lipinski definition) is 3. The Morgan fingerprint density at radius 2 is 1.91 bits per heavy atom. The molecule has 3 rings (SSSR count). The van der Waals surface area contributed by atoms with E-state index in [1.807, 2.05) is 42.5 Å². The molecule has 22 heavy (non-hydrogen) atoms. The zero-order valence-electron chi connectivity index (χ0n) is 12.0. The van der Waals surface area contributed by atoms with E-state index in [2.05, 4.69) is 20.9 Å². The molecule has 1 N–H and O–H groups in total. The number of rotatable bonds is 5. The summed E-state index contributed by atoms with van der Waals surface area (Å²) in [6.07, 6.45) is 0. The van der Waals surface area contributed by atoms with Crippen molar-refractivity contribution >= 4 is 27.0 Å². The molecule has 3 aromatic rings. The highest BCUT2D eigenvalue weighted by molar-refractivity contribution is 9.10. The number of benzene rings is 2. The molecule has 0 aliphatic carbocycles. The largest absolute Gasteiger partial charge is 0.491 e. The summed E-state index contributed by atoms with van der Waals surface area (Å²) in [5.41, 5.74) is 2.25. The van der Waals surface area contributed by atoms with Crippen LogP contribution in [0.1, 0.15) is 0 Å². The Bertz CT molecular complexity index is 837. The lowest BCUT2D eigenvalue weighted by atomic mass is 10.2. The molecule has 0 fully saturated rings. The van der Waals surface area contributed by atoms with Crippen molar-refractivity contribution in [2.24, 2.45) is 0 Å². The molecule has 0 radical (unpaired) electrons. The van der Waals surface area contributed by atoms with E-state index in [0.717, 1.165) is 26.9 Å². The highest BCUT2D eigenvalue weighted by atomic mass is 79.9. The van der Waals surface area contributed by atoms with Crippen molar-refractivity contribution in [1.82, 2.24) is 9.55 Å². The van der Waals surface area contributed by atoms with Crippen molar-refractivity contribution in [1.29, 1.82) is 0 Å². The summed E-state index contributed by atoms with van der Waals surface area (Å²) in [5, 5.41) is 0. The second kappa shape index (κ2) is 6.37. The van der Waals surface area contributed by atoms with Gasteiger partial charge < -0.3 is 14.5 Å². The molecule has 6 heteroatoms. The molecule has 0 bridgehead atoms. The number of aromatic amines is 1. The number of imidazole rings is 1. The normalized spacial score (nSPS) is 11.0. The first-order valence-corrected chi connectivity index (χ1v) is 7.61. The Balaban J connectivity index is 1.95. The average molecular weight is 363 g/mol. The molecule has 5 nitrogen and oxygen atoms in total. The van der Waals surface area contributed by atoms with Gasteiger partial charge in [0, 0.05) is 11.6 Å². The van der Waals surface area contributed by atoms with E-state index in [9.17, 15) is 4.79 Å². The van der Waals surface area contributed by atoms with Crippen molar-refractivity contribution < 1.29 is 9.47 Å². The van der Waals surface area contributed by atoms with Gasteiger partial charge in [-0.25, -0.2) is 4.79 Å². The highest BCUT2D eigenvalue weighted by Gasteiger charge is 2.09. The monoisotopic (exact) mass is 362 g/mol. The van der Waals surface area contributed by atoms with Gasteiger partial charge in [-0.15, -0.1) is 0 Å². The van der Waals surface area contributed by atoms with Gasteiger partial charge in [0.05, 0.1) is 23.3 Å². The summed E-state index contributed by atoms with van der Waals surface area (Å²) < 4.78 is 13.0. The molecule has 0 aliphatic rings. The Hall–Kier alpha value is -2.05. The molecule has 1 heterocycles. The Morgan fingerprint density at radius 3 is 2.64 bits per heavy atom. The Morgan fingerprint density at radius 1 is 1.14 bits per heavy atom. The minimum Gasteiger partial charge on any atom is -0.491 e. The Kier molecular flexibility index (Phi) is 4.31. The number of fused-ring (bicyclic) bond motifs is 1. The fraction of sp³-hybridized carbons (Fsp3) is 0.188. The third kappa shape index (κ3) is 2.93. The molecule has 0 aliphatic heterocycles. The zero-order chi connectivity index (χ0) is 15.5. The standard InChI is InChI=1S/C16H15BrN2O3/c1-21-8-9-22-13-5-3-12(4-6-13)19-15-10-11(17)2-7-14(15)18-16(19)20/h2-7,10H,8-9H2,1H3,(H,18,20). The van der Waals surface area contributed by atoms with E-state index in [0.29, 0.717) is 13.2 Å². The number of ether oxygens (including phenoxy) is 2. The van der Waals surface area contributed by atoms with Gasteiger partial charge in [-0.2, -0.15) is 0 Å². The molecule has 0 spiro atoms. The SMILES string of the molecule is COCCOc1ccc(-n2c(=O)[nH]c3ccc(Br)cc32)cc1. The van der Waals surface area contributed by atoms with Crippen LogP contribution in [-0.2, 0) is 4.74 Å². The number of halogens is 1. The summed E-state index contributed by atoms with van der Waals surface area (Å²) in [6, 6.07) is 13.1. The zero-order valence-corrected chi connectivity index (χ0v) is 13.6. The minimum atomic E-state index is -0.166. The molecular weight excluding hydrogens is 348 g/mol. The minimum absolute atomic E-state index is 0.166. The second-order valence-electron chi connectivity index (χ2n) is 4.76. The molecule has 0 saturated heterocycles. The predicted molar refractivity (Wildman–Crippen MR) is 89.0 cm³/mol. The third-order valence-corrected chi connectivity index (χ3v) is 3.79. The summed E-state index contributed by atoms with van der Waals surface area (Å²) in [6.45, 7) is 1.04.